The monoisotopic (exact) mass is 331 g/mol. The molecule has 7 heteroatoms. The smallest absolute Gasteiger partial charge is 0.341 e. The number of hydrogen-bond acceptors (Lipinski definition) is 2. The minimum Gasteiger partial charge on any atom is -0.477 e. The van der Waals surface area contributed by atoms with Gasteiger partial charge in [0, 0.05) is 21.8 Å². The first-order chi connectivity index (χ1) is 9.40. The molecule has 0 atom stereocenters. The van der Waals surface area contributed by atoms with Crippen molar-refractivity contribution in [1.82, 2.24) is 4.57 Å². The van der Waals surface area contributed by atoms with Gasteiger partial charge in [-0.1, -0.05) is 40.9 Å². The van der Waals surface area contributed by atoms with Crippen LogP contribution in [0.15, 0.2) is 35.3 Å². The van der Waals surface area contributed by atoms with Crippen molar-refractivity contribution in [2.45, 2.75) is 6.54 Å². The molecule has 0 saturated heterocycles. The Labute approximate surface area is 129 Å². The molecule has 0 fully saturated rings. The molecule has 0 saturated carbocycles. The van der Waals surface area contributed by atoms with Gasteiger partial charge in [0.2, 0.25) is 0 Å². The standard InChI is InChI=1S/C13H8Cl3NO3/c14-7-4-8(13(19)20)12(18)17(5-7)6-9-10(15)2-1-3-11(9)16/h1-5H,6H2,(H,19,20). The first kappa shape index (κ1) is 14.9. The molecule has 4 nitrogen and oxygen atoms in total. The minimum absolute atomic E-state index is 0.0399. The van der Waals surface area contributed by atoms with E-state index in [1.807, 2.05) is 0 Å². The number of aromatic nitrogens is 1. The lowest BCUT2D eigenvalue weighted by atomic mass is 10.2. The number of aromatic carboxylic acids is 1. The van der Waals surface area contributed by atoms with Crippen LogP contribution in [-0.4, -0.2) is 15.6 Å². The van der Waals surface area contributed by atoms with E-state index in [1.165, 1.54) is 10.8 Å². The fraction of sp³-hybridized carbons (Fsp3) is 0.0769. The first-order valence-electron chi connectivity index (χ1n) is 5.46. The van der Waals surface area contributed by atoms with E-state index in [0.29, 0.717) is 15.6 Å². The van der Waals surface area contributed by atoms with Crippen molar-refractivity contribution in [1.29, 1.82) is 0 Å². The van der Waals surface area contributed by atoms with E-state index in [-0.39, 0.29) is 11.6 Å². The lowest BCUT2D eigenvalue weighted by Gasteiger charge is -2.10. The molecule has 20 heavy (non-hydrogen) atoms. The van der Waals surface area contributed by atoms with Crippen LogP contribution in [0.2, 0.25) is 15.1 Å². The van der Waals surface area contributed by atoms with E-state index < -0.39 is 17.1 Å². The molecule has 0 aliphatic rings. The lowest BCUT2D eigenvalue weighted by Crippen LogP contribution is -2.26. The van der Waals surface area contributed by atoms with Gasteiger partial charge in [-0.05, 0) is 18.2 Å². The summed E-state index contributed by atoms with van der Waals surface area (Å²) in [7, 11) is 0. The Balaban J connectivity index is 2.55. The molecule has 0 unspecified atom stereocenters. The maximum absolute atomic E-state index is 12.0. The second-order valence-corrected chi connectivity index (χ2v) is 5.26. The predicted octanol–water partition coefficient (Wildman–Crippen LogP) is 3.56. The van der Waals surface area contributed by atoms with Crippen LogP contribution < -0.4 is 5.56 Å². The molecule has 2 aromatic rings. The SMILES string of the molecule is O=C(O)c1cc(Cl)cn(Cc2c(Cl)cccc2Cl)c1=O. The Morgan fingerprint density at radius 1 is 1.20 bits per heavy atom. The topological polar surface area (TPSA) is 59.3 Å². The summed E-state index contributed by atoms with van der Waals surface area (Å²) in [5.41, 5.74) is -0.546. The van der Waals surface area contributed by atoms with Gasteiger partial charge < -0.3 is 9.67 Å². The Hall–Kier alpha value is -1.49. The van der Waals surface area contributed by atoms with Crippen molar-refractivity contribution in [2.75, 3.05) is 0 Å². The van der Waals surface area contributed by atoms with Crippen molar-refractivity contribution in [2.24, 2.45) is 0 Å². The van der Waals surface area contributed by atoms with Crippen LogP contribution in [0.1, 0.15) is 15.9 Å². The highest BCUT2D eigenvalue weighted by molar-refractivity contribution is 6.36. The number of nitrogens with zero attached hydrogens (tertiary/aromatic N) is 1. The van der Waals surface area contributed by atoms with Crippen LogP contribution in [0, 0.1) is 0 Å². The van der Waals surface area contributed by atoms with Crippen molar-refractivity contribution in [3.63, 3.8) is 0 Å². The van der Waals surface area contributed by atoms with Gasteiger partial charge in [0.25, 0.3) is 5.56 Å². The van der Waals surface area contributed by atoms with Crippen LogP contribution in [-0.2, 0) is 6.54 Å². The highest BCUT2D eigenvalue weighted by Crippen LogP contribution is 2.25. The summed E-state index contributed by atoms with van der Waals surface area (Å²) >= 11 is 17.9. The molecule has 104 valence electrons. The van der Waals surface area contributed by atoms with E-state index in [9.17, 15) is 9.59 Å². The maximum atomic E-state index is 12.0. The summed E-state index contributed by atoms with van der Waals surface area (Å²) in [6.07, 6.45) is 1.34. The average molecular weight is 333 g/mol. The largest absolute Gasteiger partial charge is 0.477 e. The normalized spacial score (nSPS) is 10.6. The van der Waals surface area contributed by atoms with Gasteiger partial charge in [-0.25, -0.2) is 4.79 Å². The Morgan fingerprint density at radius 2 is 1.80 bits per heavy atom. The number of carbonyl (C=O) groups is 1. The number of rotatable bonds is 3. The average Bonchev–Trinajstić information content (AvgIpc) is 2.37. The fourth-order valence-corrected chi connectivity index (χ4v) is 2.47. The molecule has 1 heterocycles. The quantitative estimate of drug-likeness (QED) is 0.935. The van der Waals surface area contributed by atoms with Gasteiger partial charge in [-0.2, -0.15) is 0 Å². The molecular formula is C13H8Cl3NO3. The fourth-order valence-electron chi connectivity index (χ4n) is 1.72. The maximum Gasteiger partial charge on any atom is 0.341 e. The second kappa shape index (κ2) is 5.87. The lowest BCUT2D eigenvalue weighted by molar-refractivity contribution is 0.0694. The zero-order valence-electron chi connectivity index (χ0n) is 9.94. The molecule has 1 aromatic heterocycles. The molecule has 2 rings (SSSR count). The van der Waals surface area contributed by atoms with E-state index in [1.54, 1.807) is 18.2 Å². The molecule has 0 spiro atoms. The zero-order valence-corrected chi connectivity index (χ0v) is 12.2. The van der Waals surface area contributed by atoms with Gasteiger partial charge >= 0.3 is 5.97 Å². The molecular weight excluding hydrogens is 325 g/mol. The van der Waals surface area contributed by atoms with E-state index in [4.69, 9.17) is 39.9 Å². The Morgan fingerprint density at radius 3 is 2.35 bits per heavy atom. The third kappa shape index (κ3) is 2.98. The van der Waals surface area contributed by atoms with Crippen LogP contribution in [0.4, 0.5) is 0 Å². The third-order valence-corrected chi connectivity index (χ3v) is 3.59. The van der Waals surface area contributed by atoms with Gasteiger partial charge in [0.05, 0.1) is 11.6 Å². The van der Waals surface area contributed by atoms with Crippen molar-refractivity contribution >= 4 is 40.8 Å². The van der Waals surface area contributed by atoms with Gasteiger partial charge in [-0.3, -0.25) is 4.79 Å². The molecule has 0 aliphatic carbocycles. The summed E-state index contributed by atoms with van der Waals surface area (Å²) in [5.74, 6) is -1.34. The number of halogens is 3. The summed E-state index contributed by atoms with van der Waals surface area (Å²) in [4.78, 5) is 23.0. The van der Waals surface area contributed by atoms with Crippen molar-refractivity contribution in [3.8, 4) is 0 Å². The Kier molecular flexibility index (Phi) is 4.38. The number of benzene rings is 1. The molecule has 0 amide bonds. The van der Waals surface area contributed by atoms with Crippen LogP contribution >= 0.6 is 34.8 Å². The predicted molar refractivity (Wildman–Crippen MR) is 78.2 cm³/mol. The van der Waals surface area contributed by atoms with Crippen LogP contribution in [0.3, 0.4) is 0 Å². The van der Waals surface area contributed by atoms with Crippen LogP contribution in [0.5, 0.6) is 0 Å². The number of pyridine rings is 1. The second-order valence-electron chi connectivity index (χ2n) is 4.01. The van der Waals surface area contributed by atoms with E-state index in [2.05, 4.69) is 0 Å². The summed E-state index contributed by atoms with van der Waals surface area (Å²) in [6, 6.07) is 6.06. The molecule has 1 aromatic carbocycles. The Bertz CT molecular complexity index is 720. The molecule has 0 radical (unpaired) electrons. The summed E-state index contributed by atoms with van der Waals surface area (Å²) in [5, 5.41) is 9.89. The highest BCUT2D eigenvalue weighted by Gasteiger charge is 2.14. The first-order valence-corrected chi connectivity index (χ1v) is 6.59. The van der Waals surface area contributed by atoms with Crippen molar-refractivity contribution in [3.05, 3.63) is 67.0 Å². The van der Waals surface area contributed by atoms with Gasteiger partial charge in [0.15, 0.2) is 0 Å². The van der Waals surface area contributed by atoms with E-state index in [0.717, 1.165) is 6.07 Å². The molecule has 0 aliphatic heterocycles. The van der Waals surface area contributed by atoms with E-state index >= 15 is 0 Å². The highest BCUT2D eigenvalue weighted by atomic mass is 35.5. The molecule has 1 N–H and O–H groups in total. The van der Waals surface area contributed by atoms with Crippen LogP contribution in [0.25, 0.3) is 0 Å². The molecule has 0 bridgehead atoms. The van der Waals surface area contributed by atoms with Gasteiger partial charge in [0.1, 0.15) is 5.56 Å². The number of hydrogen-bond donors (Lipinski definition) is 1. The summed E-state index contributed by atoms with van der Waals surface area (Å²) in [6.45, 7) is 0.0399. The minimum atomic E-state index is -1.34. The van der Waals surface area contributed by atoms with Crippen molar-refractivity contribution < 1.29 is 9.90 Å². The zero-order chi connectivity index (χ0) is 14.9. The number of carboxylic acids is 1. The van der Waals surface area contributed by atoms with Gasteiger partial charge in [-0.15, -0.1) is 0 Å². The summed E-state index contributed by atoms with van der Waals surface area (Å²) < 4.78 is 1.17. The number of carboxylic acid groups (broad SMARTS) is 1. The third-order valence-electron chi connectivity index (χ3n) is 2.67.